The molecule has 1 heterocycles. The van der Waals surface area contributed by atoms with Gasteiger partial charge in [0.05, 0.1) is 6.04 Å². The highest BCUT2D eigenvalue weighted by Crippen LogP contribution is 2.33. The molecule has 0 aliphatic rings. The minimum atomic E-state index is 0.186. The zero-order chi connectivity index (χ0) is 14.7. The molecule has 21 heavy (non-hydrogen) atoms. The third-order valence-corrected chi connectivity index (χ3v) is 4.82. The van der Waals surface area contributed by atoms with Crippen LogP contribution in [0.1, 0.15) is 30.5 Å². The quantitative estimate of drug-likeness (QED) is 0.642. The fourth-order valence-corrected chi connectivity index (χ4v) is 3.77. The molecule has 1 aromatic heterocycles. The van der Waals surface area contributed by atoms with E-state index in [9.17, 15) is 0 Å². The standard InChI is InChI=1S/C18H18ClNS/c1-2-10-20-17(14-6-3-7-15(19)12-14)16-8-4-5-13-9-11-21-18(13)16/h3-9,11-12,17,20H,2,10H2,1H3. The molecule has 0 spiro atoms. The van der Waals surface area contributed by atoms with E-state index in [4.69, 9.17) is 11.6 Å². The van der Waals surface area contributed by atoms with Gasteiger partial charge >= 0.3 is 0 Å². The SMILES string of the molecule is CCCNC(c1cccc(Cl)c1)c1cccc2ccsc12. The summed E-state index contributed by atoms with van der Waals surface area (Å²) in [6.07, 6.45) is 1.11. The van der Waals surface area contributed by atoms with E-state index >= 15 is 0 Å². The molecule has 3 heteroatoms. The van der Waals surface area contributed by atoms with Gasteiger partial charge in [-0.2, -0.15) is 0 Å². The normalized spacial score (nSPS) is 12.7. The summed E-state index contributed by atoms with van der Waals surface area (Å²) in [5.74, 6) is 0. The number of rotatable bonds is 5. The summed E-state index contributed by atoms with van der Waals surface area (Å²) in [6.45, 7) is 3.17. The maximum Gasteiger partial charge on any atom is 0.0591 e. The van der Waals surface area contributed by atoms with Gasteiger partial charge in [-0.15, -0.1) is 11.3 Å². The number of nitrogens with one attached hydrogen (secondary N) is 1. The Bertz CT molecular complexity index is 735. The fraction of sp³-hybridized carbons (Fsp3) is 0.222. The van der Waals surface area contributed by atoms with E-state index in [2.05, 4.69) is 54.0 Å². The first-order valence-corrected chi connectivity index (χ1v) is 8.50. The van der Waals surface area contributed by atoms with E-state index in [1.54, 1.807) is 11.3 Å². The van der Waals surface area contributed by atoms with Crippen molar-refractivity contribution in [2.24, 2.45) is 0 Å². The van der Waals surface area contributed by atoms with Crippen LogP contribution < -0.4 is 5.32 Å². The van der Waals surface area contributed by atoms with Gasteiger partial charge < -0.3 is 5.32 Å². The van der Waals surface area contributed by atoms with Crippen LogP contribution in [0.25, 0.3) is 10.1 Å². The number of thiophene rings is 1. The van der Waals surface area contributed by atoms with Crippen LogP contribution in [0.5, 0.6) is 0 Å². The van der Waals surface area contributed by atoms with Crippen molar-refractivity contribution in [2.75, 3.05) is 6.54 Å². The Morgan fingerprint density at radius 2 is 2.00 bits per heavy atom. The summed E-state index contributed by atoms with van der Waals surface area (Å²) in [4.78, 5) is 0. The van der Waals surface area contributed by atoms with Crippen LogP contribution in [0, 0.1) is 0 Å². The molecular formula is C18H18ClNS. The van der Waals surface area contributed by atoms with E-state index < -0.39 is 0 Å². The Labute approximate surface area is 134 Å². The number of fused-ring (bicyclic) bond motifs is 1. The van der Waals surface area contributed by atoms with E-state index in [1.165, 1.54) is 21.2 Å². The van der Waals surface area contributed by atoms with Crippen molar-refractivity contribution in [2.45, 2.75) is 19.4 Å². The minimum Gasteiger partial charge on any atom is -0.306 e. The average molecular weight is 316 g/mol. The molecule has 0 aliphatic heterocycles. The molecular weight excluding hydrogens is 298 g/mol. The van der Waals surface area contributed by atoms with Gasteiger partial charge in [0.25, 0.3) is 0 Å². The molecule has 0 bridgehead atoms. The van der Waals surface area contributed by atoms with Crippen LogP contribution in [-0.2, 0) is 0 Å². The summed E-state index contributed by atoms with van der Waals surface area (Å²) in [5.41, 5.74) is 2.55. The first kappa shape index (κ1) is 14.6. The molecule has 108 valence electrons. The second-order valence-corrected chi connectivity index (χ2v) is 6.48. The molecule has 3 aromatic rings. The Hall–Kier alpha value is -1.35. The predicted molar refractivity (Wildman–Crippen MR) is 93.4 cm³/mol. The van der Waals surface area contributed by atoms with Crippen LogP contribution in [0.4, 0.5) is 0 Å². The monoisotopic (exact) mass is 315 g/mol. The van der Waals surface area contributed by atoms with Gasteiger partial charge in [0.1, 0.15) is 0 Å². The highest BCUT2D eigenvalue weighted by molar-refractivity contribution is 7.17. The molecule has 1 N–H and O–H groups in total. The number of hydrogen-bond donors (Lipinski definition) is 1. The lowest BCUT2D eigenvalue weighted by Crippen LogP contribution is -2.23. The topological polar surface area (TPSA) is 12.0 Å². The van der Waals surface area contributed by atoms with Crippen LogP contribution in [0.3, 0.4) is 0 Å². The van der Waals surface area contributed by atoms with Gasteiger partial charge in [-0.3, -0.25) is 0 Å². The third-order valence-electron chi connectivity index (χ3n) is 3.60. The second-order valence-electron chi connectivity index (χ2n) is 5.13. The van der Waals surface area contributed by atoms with Crippen LogP contribution in [0.2, 0.25) is 5.02 Å². The smallest absolute Gasteiger partial charge is 0.0591 e. The number of halogens is 1. The van der Waals surface area contributed by atoms with Crippen LogP contribution in [0.15, 0.2) is 53.9 Å². The Balaban J connectivity index is 2.08. The van der Waals surface area contributed by atoms with E-state index in [-0.39, 0.29) is 6.04 Å². The van der Waals surface area contributed by atoms with Crippen molar-refractivity contribution < 1.29 is 0 Å². The molecule has 1 nitrogen and oxygen atoms in total. The molecule has 0 aliphatic carbocycles. The van der Waals surface area contributed by atoms with Gasteiger partial charge in [0.2, 0.25) is 0 Å². The average Bonchev–Trinajstić information content (AvgIpc) is 2.97. The summed E-state index contributed by atoms with van der Waals surface area (Å²) < 4.78 is 1.35. The molecule has 0 fully saturated rings. The van der Waals surface area contributed by atoms with Gasteiger partial charge in [-0.05, 0) is 53.1 Å². The van der Waals surface area contributed by atoms with E-state index in [0.717, 1.165) is 18.0 Å². The first-order chi connectivity index (χ1) is 10.3. The number of benzene rings is 2. The van der Waals surface area contributed by atoms with Gasteiger partial charge in [0.15, 0.2) is 0 Å². The largest absolute Gasteiger partial charge is 0.306 e. The van der Waals surface area contributed by atoms with Gasteiger partial charge in [-0.25, -0.2) is 0 Å². The summed E-state index contributed by atoms with van der Waals surface area (Å²) in [6, 6.07) is 17.0. The van der Waals surface area contributed by atoms with Crippen molar-refractivity contribution in [1.82, 2.24) is 5.32 Å². The van der Waals surface area contributed by atoms with Crippen molar-refractivity contribution in [3.8, 4) is 0 Å². The maximum absolute atomic E-state index is 6.18. The van der Waals surface area contributed by atoms with Gasteiger partial charge in [0, 0.05) is 9.72 Å². The lowest BCUT2D eigenvalue weighted by molar-refractivity contribution is 0.602. The Morgan fingerprint density at radius 1 is 1.14 bits per heavy atom. The first-order valence-electron chi connectivity index (χ1n) is 7.24. The molecule has 3 rings (SSSR count). The predicted octanol–water partition coefficient (Wildman–Crippen LogP) is 5.64. The van der Waals surface area contributed by atoms with Crippen molar-refractivity contribution in [3.63, 3.8) is 0 Å². The molecule has 1 unspecified atom stereocenters. The van der Waals surface area contributed by atoms with Gasteiger partial charge in [-0.1, -0.05) is 48.9 Å². The van der Waals surface area contributed by atoms with Crippen LogP contribution >= 0.6 is 22.9 Å². The van der Waals surface area contributed by atoms with E-state index in [1.807, 2.05) is 12.1 Å². The maximum atomic E-state index is 6.18. The Morgan fingerprint density at radius 3 is 2.81 bits per heavy atom. The van der Waals surface area contributed by atoms with Crippen LogP contribution in [-0.4, -0.2) is 6.54 Å². The molecule has 1 atom stereocenters. The molecule has 0 saturated carbocycles. The Kier molecular flexibility index (Phi) is 4.59. The summed E-state index contributed by atoms with van der Waals surface area (Å²) in [5, 5.41) is 7.91. The highest BCUT2D eigenvalue weighted by atomic mass is 35.5. The van der Waals surface area contributed by atoms with Crippen molar-refractivity contribution >= 4 is 33.0 Å². The molecule has 2 aromatic carbocycles. The summed E-state index contributed by atoms with van der Waals surface area (Å²) in [7, 11) is 0. The van der Waals surface area contributed by atoms with Crippen molar-refractivity contribution in [3.05, 3.63) is 70.1 Å². The van der Waals surface area contributed by atoms with E-state index in [0.29, 0.717) is 0 Å². The lowest BCUT2D eigenvalue weighted by Gasteiger charge is -2.20. The minimum absolute atomic E-state index is 0.186. The highest BCUT2D eigenvalue weighted by Gasteiger charge is 2.16. The second kappa shape index (κ2) is 6.61. The lowest BCUT2D eigenvalue weighted by atomic mass is 9.97. The number of hydrogen-bond acceptors (Lipinski definition) is 2. The molecule has 0 amide bonds. The zero-order valence-corrected chi connectivity index (χ0v) is 13.5. The third kappa shape index (κ3) is 3.13. The molecule has 0 saturated heterocycles. The zero-order valence-electron chi connectivity index (χ0n) is 12.0. The fourth-order valence-electron chi connectivity index (χ4n) is 2.63. The molecule has 0 radical (unpaired) electrons. The van der Waals surface area contributed by atoms with Crippen molar-refractivity contribution in [1.29, 1.82) is 0 Å². The summed E-state index contributed by atoms with van der Waals surface area (Å²) >= 11 is 7.98.